The van der Waals surface area contributed by atoms with Crippen molar-refractivity contribution in [1.29, 1.82) is 0 Å². The molecule has 0 unspecified atom stereocenters. The second-order valence-corrected chi connectivity index (χ2v) is 5.06. The second-order valence-electron chi connectivity index (χ2n) is 5.06. The number of aliphatic hydroxyl groups is 1. The molecular weight excluding hydrogens is 292 g/mol. The van der Waals surface area contributed by atoms with E-state index in [1.54, 1.807) is 6.07 Å². The van der Waals surface area contributed by atoms with Gasteiger partial charge in [-0.3, -0.25) is 0 Å². The molecule has 4 heteroatoms. The molecule has 1 aromatic heterocycles. The SMILES string of the molecule is O=C(OC(c1ccccc1)c1ccccc1)[C@H](O)c1ccco1. The summed E-state index contributed by atoms with van der Waals surface area (Å²) in [5, 5.41) is 10.1. The molecule has 0 aliphatic rings. The van der Waals surface area contributed by atoms with Crippen molar-refractivity contribution in [3.05, 3.63) is 95.9 Å². The predicted octanol–water partition coefficient (Wildman–Crippen LogP) is 3.65. The van der Waals surface area contributed by atoms with Crippen molar-refractivity contribution in [2.75, 3.05) is 0 Å². The van der Waals surface area contributed by atoms with Gasteiger partial charge in [0.15, 0.2) is 6.10 Å². The molecule has 1 heterocycles. The first-order valence-electron chi connectivity index (χ1n) is 7.27. The van der Waals surface area contributed by atoms with Crippen LogP contribution in [0.2, 0.25) is 0 Å². The normalized spacial score (nSPS) is 12.1. The van der Waals surface area contributed by atoms with Crippen molar-refractivity contribution in [1.82, 2.24) is 0 Å². The van der Waals surface area contributed by atoms with Crippen molar-refractivity contribution >= 4 is 5.97 Å². The predicted molar refractivity (Wildman–Crippen MR) is 84.5 cm³/mol. The molecule has 3 rings (SSSR count). The lowest BCUT2D eigenvalue weighted by atomic mass is 10.0. The van der Waals surface area contributed by atoms with Gasteiger partial charge in [0.25, 0.3) is 0 Å². The summed E-state index contributed by atoms with van der Waals surface area (Å²) in [7, 11) is 0. The number of hydrogen-bond acceptors (Lipinski definition) is 4. The third kappa shape index (κ3) is 3.49. The van der Waals surface area contributed by atoms with Crippen LogP contribution >= 0.6 is 0 Å². The molecule has 1 atom stereocenters. The van der Waals surface area contributed by atoms with Gasteiger partial charge in [0, 0.05) is 0 Å². The van der Waals surface area contributed by atoms with E-state index >= 15 is 0 Å². The molecule has 0 aliphatic carbocycles. The summed E-state index contributed by atoms with van der Waals surface area (Å²) in [6, 6.07) is 22.0. The maximum absolute atomic E-state index is 12.3. The van der Waals surface area contributed by atoms with E-state index in [2.05, 4.69) is 0 Å². The molecular formula is C19H16O4. The molecule has 0 fully saturated rings. The minimum absolute atomic E-state index is 0.162. The summed E-state index contributed by atoms with van der Waals surface area (Å²) >= 11 is 0. The van der Waals surface area contributed by atoms with E-state index in [9.17, 15) is 9.90 Å². The van der Waals surface area contributed by atoms with Crippen LogP contribution in [0.4, 0.5) is 0 Å². The van der Waals surface area contributed by atoms with Crippen LogP contribution in [0.15, 0.2) is 83.5 Å². The quantitative estimate of drug-likeness (QED) is 0.731. The van der Waals surface area contributed by atoms with Crippen molar-refractivity contribution in [3.8, 4) is 0 Å². The molecule has 4 nitrogen and oxygen atoms in total. The fourth-order valence-corrected chi connectivity index (χ4v) is 2.33. The minimum Gasteiger partial charge on any atom is -0.466 e. The zero-order valence-electron chi connectivity index (χ0n) is 12.3. The lowest BCUT2D eigenvalue weighted by molar-refractivity contribution is -0.159. The van der Waals surface area contributed by atoms with Gasteiger partial charge in [-0.15, -0.1) is 0 Å². The number of carbonyl (C=O) groups is 1. The van der Waals surface area contributed by atoms with E-state index in [1.165, 1.54) is 12.3 Å². The molecule has 0 saturated carbocycles. The Bertz CT molecular complexity index is 696. The van der Waals surface area contributed by atoms with Crippen LogP contribution in [0, 0.1) is 0 Å². The van der Waals surface area contributed by atoms with E-state index in [-0.39, 0.29) is 5.76 Å². The first-order chi connectivity index (χ1) is 11.3. The highest BCUT2D eigenvalue weighted by Gasteiger charge is 2.26. The van der Waals surface area contributed by atoms with E-state index in [0.717, 1.165) is 11.1 Å². The molecule has 0 saturated heterocycles. The van der Waals surface area contributed by atoms with E-state index < -0.39 is 18.2 Å². The first-order valence-corrected chi connectivity index (χ1v) is 7.27. The number of rotatable bonds is 5. The summed E-state index contributed by atoms with van der Waals surface area (Å²) in [5.41, 5.74) is 1.66. The van der Waals surface area contributed by atoms with E-state index in [1.807, 2.05) is 60.7 Å². The molecule has 116 valence electrons. The van der Waals surface area contributed by atoms with Gasteiger partial charge in [-0.2, -0.15) is 0 Å². The largest absolute Gasteiger partial charge is 0.466 e. The standard InChI is InChI=1S/C19H16O4/c20-17(16-12-7-13-22-16)19(21)23-18(14-8-3-1-4-9-14)15-10-5-2-6-11-15/h1-13,17-18,20H/t17-/m1/s1. The Morgan fingerprint density at radius 3 is 1.91 bits per heavy atom. The van der Waals surface area contributed by atoms with Crippen LogP contribution in [0.5, 0.6) is 0 Å². The number of ether oxygens (including phenoxy) is 1. The number of aliphatic hydroxyl groups excluding tert-OH is 1. The van der Waals surface area contributed by atoms with Gasteiger partial charge in [0.1, 0.15) is 5.76 Å². The molecule has 23 heavy (non-hydrogen) atoms. The maximum atomic E-state index is 12.3. The number of benzene rings is 2. The van der Waals surface area contributed by atoms with Crippen molar-refractivity contribution in [3.63, 3.8) is 0 Å². The zero-order chi connectivity index (χ0) is 16.1. The lowest BCUT2D eigenvalue weighted by Crippen LogP contribution is -2.19. The molecule has 0 amide bonds. The highest BCUT2D eigenvalue weighted by atomic mass is 16.6. The van der Waals surface area contributed by atoms with Gasteiger partial charge >= 0.3 is 5.97 Å². The van der Waals surface area contributed by atoms with Crippen LogP contribution in [-0.4, -0.2) is 11.1 Å². The molecule has 0 spiro atoms. The average Bonchev–Trinajstić information content (AvgIpc) is 3.15. The number of esters is 1. The average molecular weight is 308 g/mol. The fraction of sp³-hybridized carbons (Fsp3) is 0.105. The van der Waals surface area contributed by atoms with Gasteiger partial charge in [-0.05, 0) is 23.3 Å². The monoisotopic (exact) mass is 308 g/mol. The van der Waals surface area contributed by atoms with Gasteiger partial charge in [-0.25, -0.2) is 4.79 Å². The summed E-state index contributed by atoms with van der Waals surface area (Å²) < 4.78 is 10.6. The smallest absolute Gasteiger partial charge is 0.343 e. The highest BCUT2D eigenvalue weighted by molar-refractivity contribution is 5.76. The Kier molecular flexibility index (Phi) is 4.54. The lowest BCUT2D eigenvalue weighted by Gasteiger charge is -2.20. The van der Waals surface area contributed by atoms with Crippen molar-refractivity contribution in [2.24, 2.45) is 0 Å². The van der Waals surface area contributed by atoms with Crippen LogP contribution in [0.1, 0.15) is 29.1 Å². The topological polar surface area (TPSA) is 59.7 Å². The second kappa shape index (κ2) is 6.94. The summed E-state index contributed by atoms with van der Waals surface area (Å²) in [4.78, 5) is 12.3. The Labute approximate surface area is 134 Å². The van der Waals surface area contributed by atoms with E-state index in [4.69, 9.17) is 9.15 Å². The Balaban J connectivity index is 1.86. The third-order valence-electron chi connectivity index (χ3n) is 3.47. The molecule has 3 aromatic rings. The molecule has 0 radical (unpaired) electrons. The Morgan fingerprint density at radius 2 is 1.43 bits per heavy atom. The summed E-state index contributed by atoms with van der Waals surface area (Å²) in [6.45, 7) is 0. The third-order valence-corrected chi connectivity index (χ3v) is 3.47. The minimum atomic E-state index is -1.44. The zero-order valence-corrected chi connectivity index (χ0v) is 12.3. The number of furan rings is 1. The van der Waals surface area contributed by atoms with Gasteiger partial charge < -0.3 is 14.3 Å². The van der Waals surface area contributed by atoms with E-state index in [0.29, 0.717) is 0 Å². The first kappa shape index (κ1) is 15.1. The van der Waals surface area contributed by atoms with Crippen molar-refractivity contribution < 1.29 is 19.1 Å². The maximum Gasteiger partial charge on any atom is 0.343 e. The van der Waals surface area contributed by atoms with Gasteiger partial charge in [0.05, 0.1) is 6.26 Å². The molecule has 0 aliphatic heterocycles. The fourth-order valence-electron chi connectivity index (χ4n) is 2.33. The van der Waals surface area contributed by atoms with Crippen LogP contribution < -0.4 is 0 Å². The van der Waals surface area contributed by atoms with Crippen LogP contribution in [0.25, 0.3) is 0 Å². The highest BCUT2D eigenvalue weighted by Crippen LogP contribution is 2.28. The summed E-state index contributed by atoms with van der Waals surface area (Å²) in [6.07, 6.45) is -0.632. The summed E-state index contributed by atoms with van der Waals surface area (Å²) in [5.74, 6) is -0.590. The molecule has 2 aromatic carbocycles. The van der Waals surface area contributed by atoms with Crippen molar-refractivity contribution in [2.45, 2.75) is 12.2 Å². The molecule has 0 bridgehead atoms. The number of carbonyl (C=O) groups excluding carboxylic acids is 1. The van der Waals surface area contributed by atoms with Gasteiger partial charge in [-0.1, -0.05) is 60.7 Å². The number of hydrogen-bond donors (Lipinski definition) is 1. The van der Waals surface area contributed by atoms with Crippen LogP contribution in [-0.2, 0) is 9.53 Å². The molecule has 1 N–H and O–H groups in total. The van der Waals surface area contributed by atoms with Crippen LogP contribution in [0.3, 0.4) is 0 Å². The Hall–Kier alpha value is -2.85. The Morgan fingerprint density at radius 1 is 0.870 bits per heavy atom. The van der Waals surface area contributed by atoms with Gasteiger partial charge in [0.2, 0.25) is 6.10 Å².